The molecule has 2 unspecified atom stereocenters. The SMILES string of the molecule is CCC1CCCC1P(c1ccco1)c1ccco1. The molecule has 0 aliphatic heterocycles. The second-order valence-corrected chi connectivity index (χ2v) is 7.22. The molecule has 0 N–H and O–H groups in total. The smallest absolute Gasteiger partial charge is 0.133 e. The van der Waals surface area contributed by atoms with Crippen molar-refractivity contribution in [3.63, 3.8) is 0 Å². The van der Waals surface area contributed by atoms with Crippen LogP contribution in [0.1, 0.15) is 32.6 Å². The lowest BCUT2D eigenvalue weighted by Gasteiger charge is -2.25. The lowest BCUT2D eigenvalue weighted by Crippen LogP contribution is -2.23. The van der Waals surface area contributed by atoms with E-state index in [0.29, 0.717) is 0 Å². The molecule has 2 aromatic rings. The Bertz CT molecular complexity index is 426. The summed E-state index contributed by atoms with van der Waals surface area (Å²) in [6.45, 7) is 2.31. The summed E-state index contributed by atoms with van der Waals surface area (Å²) in [5, 5.41) is 0. The lowest BCUT2D eigenvalue weighted by atomic mass is 10.1. The highest BCUT2D eigenvalue weighted by Gasteiger charge is 2.37. The lowest BCUT2D eigenvalue weighted by molar-refractivity contribution is 0.532. The molecule has 2 atom stereocenters. The molecule has 96 valence electrons. The average molecular weight is 262 g/mol. The predicted molar refractivity (Wildman–Crippen MR) is 75.0 cm³/mol. The Morgan fingerprint density at radius 2 is 1.78 bits per heavy atom. The molecule has 3 heteroatoms. The van der Waals surface area contributed by atoms with Crippen molar-refractivity contribution in [3.8, 4) is 0 Å². The second kappa shape index (κ2) is 5.32. The molecule has 3 rings (SSSR count). The van der Waals surface area contributed by atoms with Gasteiger partial charge in [0.05, 0.1) is 12.5 Å². The van der Waals surface area contributed by atoms with E-state index in [0.717, 1.165) is 22.6 Å². The van der Waals surface area contributed by atoms with Crippen molar-refractivity contribution in [2.75, 3.05) is 0 Å². The summed E-state index contributed by atoms with van der Waals surface area (Å²) < 4.78 is 11.4. The van der Waals surface area contributed by atoms with Crippen LogP contribution in [0.4, 0.5) is 0 Å². The van der Waals surface area contributed by atoms with E-state index in [4.69, 9.17) is 8.83 Å². The Morgan fingerprint density at radius 3 is 2.28 bits per heavy atom. The first-order chi connectivity index (χ1) is 8.90. The molecule has 0 radical (unpaired) electrons. The van der Waals surface area contributed by atoms with Gasteiger partial charge in [0, 0.05) is 7.92 Å². The van der Waals surface area contributed by atoms with Gasteiger partial charge in [-0.05, 0) is 48.7 Å². The summed E-state index contributed by atoms with van der Waals surface area (Å²) >= 11 is 0. The first-order valence-electron chi connectivity index (χ1n) is 6.76. The third-order valence-electron chi connectivity index (χ3n) is 3.96. The summed E-state index contributed by atoms with van der Waals surface area (Å²) in [5.74, 6) is 0.825. The van der Waals surface area contributed by atoms with E-state index >= 15 is 0 Å². The van der Waals surface area contributed by atoms with E-state index in [1.54, 1.807) is 12.5 Å². The van der Waals surface area contributed by atoms with Gasteiger partial charge in [0.1, 0.15) is 11.0 Å². The Balaban J connectivity index is 1.95. The van der Waals surface area contributed by atoms with Crippen molar-refractivity contribution in [3.05, 3.63) is 36.8 Å². The molecule has 2 aromatic heterocycles. The number of hydrogen-bond acceptors (Lipinski definition) is 2. The van der Waals surface area contributed by atoms with E-state index in [-0.39, 0.29) is 0 Å². The molecule has 2 nitrogen and oxygen atoms in total. The van der Waals surface area contributed by atoms with Gasteiger partial charge in [-0.2, -0.15) is 0 Å². The molecule has 0 amide bonds. The van der Waals surface area contributed by atoms with Crippen molar-refractivity contribution >= 4 is 18.9 Å². The Kier molecular flexibility index (Phi) is 3.56. The molecule has 18 heavy (non-hydrogen) atoms. The minimum atomic E-state index is -0.456. The van der Waals surface area contributed by atoms with Gasteiger partial charge in [0.25, 0.3) is 0 Å². The van der Waals surface area contributed by atoms with Crippen LogP contribution in [0.25, 0.3) is 0 Å². The number of furan rings is 2. The van der Waals surface area contributed by atoms with Crippen molar-refractivity contribution in [1.29, 1.82) is 0 Å². The van der Waals surface area contributed by atoms with Crippen LogP contribution >= 0.6 is 7.92 Å². The highest BCUT2D eigenvalue weighted by atomic mass is 31.1. The van der Waals surface area contributed by atoms with Crippen LogP contribution in [-0.2, 0) is 0 Å². The van der Waals surface area contributed by atoms with Gasteiger partial charge in [0.15, 0.2) is 0 Å². The van der Waals surface area contributed by atoms with Crippen molar-refractivity contribution in [1.82, 2.24) is 0 Å². The normalized spacial score (nSPS) is 23.9. The van der Waals surface area contributed by atoms with E-state index < -0.39 is 7.92 Å². The first-order valence-corrected chi connectivity index (χ1v) is 8.17. The maximum atomic E-state index is 5.69. The van der Waals surface area contributed by atoms with Gasteiger partial charge in [-0.3, -0.25) is 0 Å². The van der Waals surface area contributed by atoms with Crippen LogP contribution in [0.3, 0.4) is 0 Å². The summed E-state index contributed by atoms with van der Waals surface area (Å²) in [6, 6.07) is 8.20. The van der Waals surface area contributed by atoms with E-state index in [2.05, 4.69) is 19.1 Å². The van der Waals surface area contributed by atoms with Crippen LogP contribution in [0.15, 0.2) is 45.6 Å². The van der Waals surface area contributed by atoms with Crippen LogP contribution in [0.2, 0.25) is 0 Å². The van der Waals surface area contributed by atoms with Crippen molar-refractivity contribution in [2.24, 2.45) is 5.92 Å². The maximum Gasteiger partial charge on any atom is 0.133 e. The predicted octanol–water partition coefficient (Wildman–Crippen LogP) is 3.88. The molecule has 0 spiro atoms. The van der Waals surface area contributed by atoms with E-state index in [1.807, 2.05) is 12.1 Å². The zero-order chi connectivity index (χ0) is 12.4. The molecule has 2 heterocycles. The standard InChI is InChI=1S/C15H19O2P/c1-2-12-6-3-7-13(12)18(14-8-4-10-16-14)15-9-5-11-17-15/h4-5,8-13H,2-3,6-7H2,1H3. The number of rotatable bonds is 4. The highest BCUT2D eigenvalue weighted by molar-refractivity contribution is 7.72. The largest absolute Gasteiger partial charge is 0.464 e. The molecule has 0 saturated heterocycles. The molecule has 1 saturated carbocycles. The third kappa shape index (κ3) is 2.14. The summed E-state index contributed by atoms with van der Waals surface area (Å²) in [7, 11) is -0.456. The fourth-order valence-electron chi connectivity index (χ4n) is 3.08. The van der Waals surface area contributed by atoms with Crippen molar-refractivity contribution < 1.29 is 8.83 Å². The van der Waals surface area contributed by atoms with E-state index in [9.17, 15) is 0 Å². The molecule has 0 bridgehead atoms. The van der Waals surface area contributed by atoms with Gasteiger partial charge in [-0.1, -0.05) is 19.8 Å². The average Bonchev–Trinajstić information content (AvgIpc) is 3.13. The Morgan fingerprint density at radius 1 is 1.11 bits per heavy atom. The second-order valence-electron chi connectivity index (χ2n) is 4.94. The molecule has 1 fully saturated rings. The molecule has 0 aromatic carbocycles. The first kappa shape index (κ1) is 12.0. The minimum Gasteiger partial charge on any atom is -0.464 e. The quantitative estimate of drug-likeness (QED) is 0.781. The zero-order valence-electron chi connectivity index (χ0n) is 10.7. The summed E-state index contributed by atoms with van der Waals surface area (Å²) in [4.78, 5) is 0. The Hall–Kier alpha value is -1.01. The van der Waals surface area contributed by atoms with Gasteiger partial charge in [0.2, 0.25) is 0 Å². The fraction of sp³-hybridized carbons (Fsp3) is 0.467. The van der Waals surface area contributed by atoms with Crippen molar-refractivity contribution in [2.45, 2.75) is 38.3 Å². The van der Waals surface area contributed by atoms with Gasteiger partial charge in [-0.25, -0.2) is 0 Å². The maximum absolute atomic E-state index is 5.69. The van der Waals surface area contributed by atoms with Crippen LogP contribution < -0.4 is 11.0 Å². The summed E-state index contributed by atoms with van der Waals surface area (Å²) in [6.07, 6.45) is 8.86. The van der Waals surface area contributed by atoms with Crippen LogP contribution in [-0.4, -0.2) is 5.66 Å². The fourth-order valence-corrected chi connectivity index (χ4v) is 6.02. The molecule has 1 aliphatic rings. The zero-order valence-corrected chi connectivity index (χ0v) is 11.6. The van der Waals surface area contributed by atoms with Crippen LogP contribution in [0.5, 0.6) is 0 Å². The summed E-state index contributed by atoms with van der Waals surface area (Å²) in [5.41, 5.74) is 2.96. The van der Waals surface area contributed by atoms with Gasteiger partial charge in [-0.15, -0.1) is 0 Å². The van der Waals surface area contributed by atoms with Crippen LogP contribution in [0, 0.1) is 5.92 Å². The molecular formula is C15H19O2P. The molecular weight excluding hydrogens is 243 g/mol. The van der Waals surface area contributed by atoms with E-state index in [1.165, 1.54) is 25.7 Å². The van der Waals surface area contributed by atoms with Gasteiger partial charge < -0.3 is 8.83 Å². The molecule has 1 aliphatic carbocycles. The number of hydrogen-bond donors (Lipinski definition) is 0. The van der Waals surface area contributed by atoms with Gasteiger partial charge >= 0.3 is 0 Å². The Labute approximate surface area is 109 Å². The minimum absolute atomic E-state index is 0.456. The monoisotopic (exact) mass is 262 g/mol. The highest BCUT2D eigenvalue weighted by Crippen LogP contribution is 2.51. The topological polar surface area (TPSA) is 26.3 Å². The third-order valence-corrected chi connectivity index (χ3v) is 6.76.